The Labute approximate surface area is 129 Å². The van der Waals surface area contributed by atoms with Gasteiger partial charge in [-0.15, -0.1) is 0 Å². The summed E-state index contributed by atoms with van der Waals surface area (Å²) in [5.41, 5.74) is 1.91. The molecule has 102 valence electrons. The van der Waals surface area contributed by atoms with Gasteiger partial charge in [0.15, 0.2) is 8.68 Å². The SMILES string of the molecule is Cc1ccc(NS(=O)(=O)c2sc(Cl)nc2C)c(Br)c1. The van der Waals surface area contributed by atoms with Crippen LogP contribution in [0.25, 0.3) is 0 Å². The molecule has 0 saturated carbocycles. The Bertz CT molecular complexity index is 728. The van der Waals surface area contributed by atoms with Gasteiger partial charge in [0.25, 0.3) is 10.0 Å². The summed E-state index contributed by atoms with van der Waals surface area (Å²) in [6.45, 7) is 3.54. The first-order chi connectivity index (χ1) is 8.79. The van der Waals surface area contributed by atoms with Gasteiger partial charge in [0.05, 0.1) is 11.4 Å². The van der Waals surface area contributed by atoms with Crippen molar-refractivity contribution in [3.8, 4) is 0 Å². The number of sulfonamides is 1. The van der Waals surface area contributed by atoms with Crippen molar-refractivity contribution in [3.05, 3.63) is 38.4 Å². The summed E-state index contributed by atoms with van der Waals surface area (Å²) in [5, 5.41) is 0. The Kier molecular flexibility index (Phi) is 4.20. The van der Waals surface area contributed by atoms with Crippen molar-refractivity contribution in [1.29, 1.82) is 0 Å². The standard InChI is InChI=1S/C11H10BrClN2O2S2/c1-6-3-4-9(8(12)5-6)15-19(16,17)10-7(2)14-11(13)18-10/h3-5,15H,1-2H3. The molecule has 0 saturated heterocycles. The average Bonchev–Trinajstić information content (AvgIpc) is 2.63. The highest BCUT2D eigenvalue weighted by Gasteiger charge is 2.22. The molecule has 0 unspecified atom stereocenters. The van der Waals surface area contributed by atoms with E-state index in [1.54, 1.807) is 13.0 Å². The predicted molar refractivity (Wildman–Crippen MR) is 81.5 cm³/mol. The molecule has 1 aromatic heterocycles. The van der Waals surface area contributed by atoms with E-state index in [0.717, 1.165) is 16.9 Å². The lowest BCUT2D eigenvalue weighted by molar-refractivity contribution is 0.602. The van der Waals surface area contributed by atoms with E-state index in [4.69, 9.17) is 11.6 Å². The van der Waals surface area contributed by atoms with Crippen LogP contribution in [0.3, 0.4) is 0 Å². The molecular formula is C11H10BrClN2O2S2. The summed E-state index contributed by atoms with van der Waals surface area (Å²) < 4.78 is 28.1. The van der Waals surface area contributed by atoms with Gasteiger partial charge in [-0.1, -0.05) is 29.0 Å². The monoisotopic (exact) mass is 380 g/mol. The van der Waals surface area contributed by atoms with E-state index in [0.29, 0.717) is 15.9 Å². The number of aryl methyl sites for hydroxylation is 2. The highest BCUT2D eigenvalue weighted by Crippen LogP contribution is 2.30. The number of nitrogens with zero attached hydrogens (tertiary/aromatic N) is 1. The van der Waals surface area contributed by atoms with E-state index in [2.05, 4.69) is 25.6 Å². The molecular weight excluding hydrogens is 372 g/mol. The van der Waals surface area contributed by atoms with Crippen LogP contribution in [0.4, 0.5) is 5.69 Å². The minimum Gasteiger partial charge on any atom is -0.278 e. The van der Waals surface area contributed by atoms with Crippen molar-refractivity contribution in [2.45, 2.75) is 18.1 Å². The van der Waals surface area contributed by atoms with Gasteiger partial charge in [0.1, 0.15) is 0 Å². The third kappa shape index (κ3) is 3.28. The third-order valence-corrected chi connectivity index (χ3v) is 6.23. The molecule has 0 spiro atoms. The van der Waals surface area contributed by atoms with Crippen molar-refractivity contribution in [1.82, 2.24) is 4.98 Å². The molecule has 4 nitrogen and oxygen atoms in total. The molecule has 2 rings (SSSR count). The van der Waals surface area contributed by atoms with E-state index >= 15 is 0 Å². The first-order valence-corrected chi connectivity index (χ1v) is 8.68. The molecule has 0 atom stereocenters. The zero-order valence-electron chi connectivity index (χ0n) is 10.1. The number of nitrogens with one attached hydrogen (secondary N) is 1. The van der Waals surface area contributed by atoms with Crippen LogP contribution in [0.2, 0.25) is 4.47 Å². The van der Waals surface area contributed by atoms with Crippen LogP contribution in [0, 0.1) is 13.8 Å². The van der Waals surface area contributed by atoms with Crippen LogP contribution in [-0.2, 0) is 10.0 Å². The van der Waals surface area contributed by atoms with E-state index in [1.807, 2.05) is 19.1 Å². The maximum Gasteiger partial charge on any atom is 0.273 e. The molecule has 1 heterocycles. The molecule has 2 aromatic rings. The minimum absolute atomic E-state index is 0.130. The topological polar surface area (TPSA) is 59.1 Å². The molecule has 0 aliphatic heterocycles. The van der Waals surface area contributed by atoms with Crippen molar-refractivity contribution in [3.63, 3.8) is 0 Å². The zero-order valence-corrected chi connectivity index (χ0v) is 14.0. The van der Waals surface area contributed by atoms with Crippen molar-refractivity contribution in [2.75, 3.05) is 4.72 Å². The lowest BCUT2D eigenvalue weighted by Gasteiger charge is -2.09. The molecule has 1 N–H and O–H groups in total. The average molecular weight is 382 g/mol. The van der Waals surface area contributed by atoms with Gasteiger partial charge in [-0.25, -0.2) is 13.4 Å². The minimum atomic E-state index is -3.67. The first kappa shape index (κ1) is 14.8. The number of thiazole rings is 1. The smallest absolute Gasteiger partial charge is 0.273 e. The molecule has 0 amide bonds. The second kappa shape index (κ2) is 5.40. The van der Waals surface area contributed by atoms with Crippen LogP contribution in [0.15, 0.2) is 26.9 Å². The summed E-state index contributed by atoms with van der Waals surface area (Å²) in [6.07, 6.45) is 0. The summed E-state index contributed by atoms with van der Waals surface area (Å²) >= 11 is 10.0. The van der Waals surface area contributed by atoms with E-state index in [1.165, 1.54) is 0 Å². The Balaban J connectivity index is 2.39. The van der Waals surface area contributed by atoms with Crippen LogP contribution in [-0.4, -0.2) is 13.4 Å². The van der Waals surface area contributed by atoms with Gasteiger partial charge in [-0.2, -0.15) is 0 Å². The maximum absolute atomic E-state index is 12.3. The molecule has 0 aliphatic carbocycles. The lowest BCUT2D eigenvalue weighted by atomic mass is 10.2. The van der Waals surface area contributed by atoms with Crippen LogP contribution < -0.4 is 4.72 Å². The normalized spacial score (nSPS) is 11.6. The fourth-order valence-corrected chi connectivity index (χ4v) is 5.04. The summed E-state index contributed by atoms with van der Waals surface area (Å²) in [7, 11) is -3.67. The zero-order chi connectivity index (χ0) is 14.2. The second-order valence-corrected chi connectivity index (χ2v) is 8.24. The summed E-state index contributed by atoms with van der Waals surface area (Å²) in [4.78, 5) is 3.91. The predicted octanol–water partition coefficient (Wildman–Crippen LogP) is 3.98. The van der Waals surface area contributed by atoms with E-state index in [9.17, 15) is 8.42 Å². The maximum atomic E-state index is 12.3. The number of hydrogen-bond donors (Lipinski definition) is 1. The summed E-state index contributed by atoms with van der Waals surface area (Å²) in [5.74, 6) is 0. The van der Waals surface area contributed by atoms with Gasteiger partial charge in [-0.05, 0) is 47.5 Å². The quantitative estimate of drug-likeness (QED) is 0.875. The molecule has 19 heavy (non-hydrogen) atoms. The molecule has 0 aliphatic rings. The number of hydrogen-bond acceptors (Lipinski definition) is 4. The number of anilines is 1. The highest BCUT2D eigenvalue weighted by atomic mass is 79.9. The molecule has 8 heteroatoms. The molecule has 0 bridgehead atoms. The number of halogens is 2. The lowest BCUT2D eigenvalue weighted by Crippen LogP contribution is -2.13. The second-order valence-electron chi connectivity index (χ2n) is 3.93. The number of benzene rings is 1. The molecule has 1 aromatic carbocycles. The van der Waals surface area contributed by atoms with Crippen LogP contribution >= 0.6 is 38.9 Å². The van der Waals surface area contributed by atoms with Gasteiger partial charge in [0.2, 0.25) is 0 Å². The Morgan fingerprint density at radius 1 is 1.37 bits per heavy atom. The van der Waals surface area contributed by atoms with Gasteiger partial charge < -0.3 is 0 Å². The Morgan fingerprint density at radius 2 is 2.05 bits per heavy atom. The van der Waals surface area contributed by atoms with Crippen LogP contribution in [0.5, 0.6) is 0 Å². The van der Waals surface area contributed by atoms with Crippen molar-refractivity contribution >= 4 is 54.6 Å². The van der Waals surface area contributed by atoms with Gasteiger partial charge >= 0.3 is 0 Å². The van der Waals surface area contributed by atoms with Crippen molar-refractivity contribution < 1.29 is 8.42 Å². The molecule has 0 fully saturated rings. The van der Waals surface area contributed by atoms with Gasteiger partial charge in [-0.3, -0.25) is 4.72 Å². The fraction of sp³-hybridized carbons (Fsp3) is 0.182. The first-order valence-electron chi connectivity index (χ1n) is 5.21. The third-order valence-electron chi connectivity index (χ3n) is 2.34. The van der Waals surface area contributed by atoms with E-state index in [-0.39, 0.29) is 8.68 Å². The van der Waals surface area contributed by atoms with Crippen molar-refractivity contribution in [2.24, 2.45) is 0 Å². The Morgan fingerprint density at radius 3 is 2.58 bits per heavy atom. The fourth-order valence-electron chi connectivity index (χ4n) is 1.49. The van der Waals surface area contributed by atoms with E-state index < -0.39 is 10.0 Å². The van der Waals surface area contributed by atoms with Crippen LogP contribution in [0.1, 0.15) is 11.3 Å². The number of rotatable bonds is 3. The highest BCUT2D eigenvalue weighted by molar-refractivity contribution is 9.10. The largest absolute Gasteiger partial charge is 0.278 e. The number of aromatic nitrogens is 1. The van der Waals surface area contributed by atoms with Gasteiger partial charge in [0, 0.05) is 4.47 Å². The summed E-state index contributed by atoms with van der Waals surface area (Å²) in [6, 6.07) is 5.37. The molecule has 0 radical (unpaired) electrons. The Hall–Kier alpha value is -0.630.